The molecule has 0 aliphatic carbocycles. The van der Waals surface area contributed by atoms with Gasteiger partial charge in [0.15, 0.2) is 11.5 Å². The van der Waals surface area contributed by atoms with Crippen molar-refractivity contribution in [1.29, 1.82) is 0 Å². The van der Waals surface area contributed by atoms with Gasteiger partial charge in [-0.1, -0.05) is 6.07 Å². The monoisotopic (exact) mass is 322 g/mol. The van der Waals surface area contributed by atoms with Gasteiger partial charge >= 0.3 is 23.8 Å². The lowest BCUT2D eigenvalue weighted by Crippen LogP contribution is -2.36. The average Bonchev–Trinajstić information content (AvgIpc) is 2.72. The minimum absolute atomic E-state index is 0.181. The number of aliphatic carboxylic acids is 1. The molecule has 1 saturated heterocycles. The van der Waals surface area contributed by atoms with Crippen LogP contribution in [-0.4, -0.2) is 59.5 Å². The zero-order valence-electron chi connectivity index (χ0n) is 12.4. The molecule has 0 bridgehead atoms. The number of ether oxygens (including phenoxy) is 2. The zero-order chi connectivity index (χ0) is 17.1. The van der Waals surface area contributed by atoms with E-state index in [1.807, 2.05) is 0 Å². The van der Waals surface area contributed by atoms with Gasteiger partial charge in [-0.15, -0.1) is 0 Å². The lowest BCUT2D eigenvalue weighted by atomic mass is 10.2. The van der Waals surface area contributed by atoms with Gasteiger partial charge in [-0.3, -0.25) is 19.3 Å². The van der Waals surface area contributed by atoms with Crippen LogP contribution in [0.3, 0.4) is 0 Å². The summed E-state index contributed by atoms with van der Waals surface area (Å²) in [5.41, 5.74) is 0.523. The van der Waals surface area contributed by atoms with Gasteiger partial charge in [0.05, 0.1) is 20.8 Å². The summed E-state index contributed by atoms with van der Waals surface area (Å²) in [7, 11) is 2.90. The standard InChI is InChI=1S/C14H14N2O7/c1-22-9-4-3-8(5-10(9)23-2)6-15-12(19)13(20)16(14(15)21)7-11(17)18/h3-5H,6-7H2,1-2H3,(H,17,18). The number of carboxylic acid groups (broad SMARTS) is 1. The molecule has 0 spiro atoms. The maximum atomic E-state index is 12.0. The SMILES string of the molecule is COc1ccc(CN2C(=O)C(=O)N(CC(=O)O)C2=O)cc1OC. The Morgan fingerprint density at radius 2 is 1.65 bits per heavy atom. The van der Waals surface area contributed by atoms with Crippen molar-refractivity contribution in [2.45, 2.75) is 6.54 Å². The molecule has 0 radical (unpaired) electrons. The van der Waals surface area contributed by atoms with E-state index in [1.165, 1.54) is 14.2 Å². The summed E-state index contributed by atoms with van der Waals surface area (Å²) in [6.45, 7) is -1.04. The summed E-state index contributed by atoms with van der Waals surface area (Å²) < 4.78 is 10.2. The first-order valence-corrected chi connectivity index (χ1v) is 6.49. The van der Waals surface area contributed by atoms with Crippen molar-refractivity contribution in [1.82, 2.24) is 9.80 Å². The van der Waals surface area contributed by atoms with E-state index in [1.54, 1.807) is 18.2 Å². The van der Waals surface area contributed by atoms with E-state index in [4.69, 9.17) is 14.6 Å². The van der Waals surface area contributed by atoms with Gasteiger partial charge in [0, 0.05) is 0 Å². The molecule has 4 amide bonds. The van der Waals surface area contributed by atoms with Crippen LogP contribution in [0.2, 0.25) is 0 Å². The van der Waals surface area contributed by atoms with Crippen molar-refractivity contribution in [2.75, 3.05) is 20.8 Å². The quantitative estimate of drug-likeness (QED) is 0.582. The summed E-state index contributed by atoms with van der Waals surface area (Å²) in [4.78, 5) is 47.3. The smallest absolute Gasteiger partial charge is 0.335 e. The Bertz CT molecular complexity index is 686. The normalized spacial score (nSPS) is 14.4. The van der Waals surface area contributed by atoms with E-state index in [0.717, 1.165) is 0 Å². The maximum absolute atomic E-state index is 12.0. The van der Waals surface area contributed by atoms with E-state index in [-0.39, 0.29) is 6.54 Å². The Balaban J connectivity index is 2.23. The van der Waals surface area contributed by atoms with E-state index < -0.39 is 30.4 Å². The minimum atomic E-state index is -1.38. The molecule has 1 fully saturated rings. The molecule has 122 valence electrons. The van der Waals surface area contributed by atoms with Crippen molar-refractivity contribution in [3.05, 3.63) is 23.8 Å². The van der Waals surface area contributed by atoms with Crippen LogP contribution >= 0.6 is 0 Å². The highest BCUT2D eigenvalue weighted by Gasteiger charge is 2.45. The van der Waals surface area contributed by atoms with Crippen molar-refractivity contribution in [3.63, 3.8) is 0 Å². The van der Waals surface area contributed by atoms with Crippen LogP contribution in [0.5, 0.6) is 11.5 Å². The Hall–Kier alpha value is -3.10. The van der Waals surface area contributed by atoms with Gasteiger partial charge < -0.3 is 14.6 Å². The highest BCUT2D eigenvalue weighted by molar-refractivity contribution is 6.44. The molecule has 1 aliphatic rings. The van der Waals surface area contributed by atoms with Crippen LogP contribution in [0.25, 0.3) is 0 Å². The van der Waals surface area contributed by atoms with Crippen LogP contribution in [0.1, 0.15) is 5.56 Å². The summed E-state index contributed by atoms with van der Waals surface area (Å²) in [5.74, 6) is -2.73. The molecule has 0 unspecified atom stereocenters. The van der Waals surface area contributed by atoms with Gasteiger partial charge in [0.1, 0.15) is 6.54 Å². The molecule has 0 saturated carbocycles. The molecule has 2 rings (SSSR count). The first kappa shape index (κ1) is 16.3. The van der Waals surface area contributed by atoms with Crippen LogP contribution in [-0.2, 0) is 20.9 Å². The molecule has 9 heteroatoms. The van der Waals surface area contributed by atoms with Gasteiger partial charge in [-0.05, 0) is 17.7 Å². The lowest BCUT2D eigenvalue weighted by molar-refractivity contribution is -0.146. The van der Waals surface area contributed by atoms with Crippen LogP contribution in [0.4, 0.5) is 4.79 Å². The number of methoxy groups -OCH3 is 2. The van der Waals surface area contributed by atoms with Crippen LogP contribution in [0, 0.1) is 0 Å². The number of carbonyl (C=O) groups excluding carboxylic acids is 3. The van der Waals surface area contributed by atoms with E-state index in [2.05, 4.69) is 0 Å². The third kappa shape index (κ3) is 3.07. The third-order valence-electron chi connectivity index (χ3n) is 3.22. The number of carboxylic acids is 1. The molecule has 1 heterocycles. The Labute approximate surface area is 131 Å². The number of carbonyl (C=O) groups is 4. The number of rotatable bonds is 6. The maximum Gasteiger partial charge on any atom is 0.335 e. The van der Waals surface area contributed by atoms with Crippen molar-refractivity contribution >= 4 is 23.8 Å². The fraction of sp³-hybridized carbons (Fsp3) is 0.286. The van der Waals surface area contributed by atoms with E-state index >= 15 is 0 Å². The molecular formula is C14H14N2O7. The second-order valence-electron chi connectivity index (χ2n) is 4.65. The first-order chi connectivity index (χ1) is 10.9. The number of imide groups is 2. The second-order valence-corrected chi connectivity index (χ2v) is 4.65. The summed E-state index contributed by atoms with van der Waals surface area (Å²) in [6.07, 6.45) is 0. The lowest BCUT2D eigenvalue weighted by Gasteiger charge is -2.15. The molecule has 1 aromatic rings. The topological polar surface area (TPSA) is 113 Å². The fourth-order valence-electron chi connectivity index (χ4n) is 2.13. The minimum Gasteiger partial charge on any atom is -0.493 e. The van der Waals surface area contributed by atoms with E-state index in [0.29, 0.717) is 26.9 Å². The average molecular weight is 322 g/mol. The highest BCUT2D eigenvalue weighted by Crippen LogP contribution is 2.28. The predicted octanol–water partition coefficient (Wildman–Crippen LogP) is 0.0792. The second kappa shape index (κ2) is 6.34. The Morgan fingerprint density at radius 1 is 1.04 bits per heavy atom. The molecule has 23 heavy (non-hydrogen) atoms. The van der Waals surface area contributed by atoms with Gasteiger partial charge in [0.25, 0.3) is 0 Å². The van der Waals surface area contributed by atoms with Gasteiger partial charge in [0.2, 0.25) is 0 Å². The van der Waals surface area contributed by atoms with Crippen LogP contribution in [0.15, 0.2) is 18.2 Å². The number of hydrogen-bond acceptors (Lipinski definition) is 6. The number of hydrogen-bond donors (Lipinski definition) is 1. The van der Waals surface area contributed by atoms with Crippen molar-refractivity contribution in [2.24, 2.45) is 0 Å². The largest absolute Gasteiger partial charge is 0.493 e. The number of urea groups is 1. The highest BCUT2D eigenvalue weighted by atomic mass is 16.5. The third-order valence-corrected chi connectivity index (χ3v) is 3.22. The Kier molecular flexibility index (Phi) is 4.49. The zero-order valence-corrected chi connectivity index (χ0v) is 12.4. The fourth-order valence-corrected chi connectivity index (χ4v) is 2.13. The Morgan fingerprint density at radius 3 is 2.22 bits per heavy atom. The van der Waals surface area contributed by atoms with Crippen molar-refractivity contribution in [3.8, 4) is 11.5 Å². The molecule has 1 N–H and O–H groups in total. The number of amides is 4. The predicted molar refractivity (Wildman–Crippen MR) is 74.8 cm³/mol. The number of benzene rings is 1. The molecule has 1 aliphatic heterocycles. The molecule has 9 nitrogen and oxygen atoms in total. The molecule has 0 aromatic heterocycles. The summed E-state index contributed by atoms with van der Waals surface area (Å²) >= 11 is 0. The van der Waals surface area contributed by atoms with Crippen molar-refractivity contribution < 1.29 is 33.8 Å². The molecular weight excluding hydrogens is 308 g/mol. The van der Waals surface area contributed by atoms with Gasteiger partial charge in [-0.2, -0.15) is 0 Å². The summed E-state index contributed by atoms with van der Waals surface area (Å²) in [6, 6.07) is 3.80. The first-order valence-electron chi connectivity index (χ1n) is 6.49. The molecule has 0 atom stereocenters. The molecule has 1 aromatic carbocycles. The summed E-state index contributed by atoms with van der Waals surface area (Å²) in [5, 5.41) is 8.69. The van der Waals surface area contributed by atoms with Gasteiger partial charge in [-0.25, -0.2) is 9.69 Å². The van der Waals surface area contributed by atoms with Crippen LogP contribution < -0.4 is 9.47 Å². The van der Waals surface area contributed by atoms with E-state index in [9.17, 15) is 19.2 Å². The number of nitrogens with zero attached hydrogens (tertiary/aromatic N) is 2.